The molecule has 1 aliphatic rings. The van der Waals surface area contributed by atoms with Crippen LogP contribution in [0.3, 0.4) is 0 Å². The van der Waals surface area contributed by atoms with Crippen LogP contribution in [0.25, 0.3) is 0 Å². The first-order valence-corrected chi connectivity index (χ1v) is 6.25. The molecule has 84 valence electrons. The average molecular weight is 272 g/mol. The highest BCUT2D eigenvalue weighted by molar-refractivity contribution is 9.10. The van der Waals surface area contributed by atoms with Crippen molar-refractivity contribution in [1.29, 1.82) is 0 Å². The molecule has 4 heteroatoms. The van der Waals surface area contributed by atoms with Crippen LogP contribution >= 0.6 is 15.9 Å². The zero-order chi connectivity index (χ0) is 11.0. The molecule has 1 aromatic heterocycles. The first-order valence-electron chi connectivity index (χ1n) is 5.46. The van der Waals surface area contributed by atoms with Crippen LogP contribution in [0, 0.1) is 5.92 Å². The predicted molar refractivity (Wildman–Crippen MR) is 64.8 cm³/mol. The second-order valence-corrected chi connectivity index (χ2v) is 5.47. The van der Waals surface area contributed by atoms with Crippen LogP contribution in [0.1, 0.15) is 24.7 Å². The van der Waals surface area contributed by atoms with E-state index in [2.05, 4.69) is 51.4 Å². The Morgan fingerprint density at radius 1 is 1.53 bits per heavy atom. The van der Waals surface area contributed by atoms with Crippen LogP contribution < -0.4 is 0 Å². The molecule has 0 N–H and O–H groups in total. The normalized spacial score (nSPS) is 20.7. The van der Waals surface area contributed by atoms with Gasteiger partial charge < -0.3 is 9.47 Å². The summed E-state index contributed by atoms with van der Waals surface area (Å²) in [6.07, 6.45) is 2.44. The minimum atomic E-state index is 0.794. The molecule has 2 rings (SSSR count). The quantitative estimate of drug-likeness (QED) is 0.823. The van der Waals surface area contributed by atoms with Crippen molar-refractivity contribution in [2.75, 3.05) is 14.1 Å². The van der Waals surface area contributed by atoms with Crippen molar-refractivity contribution >= 4 is 15.9 Å². The number of rotatable bonds is 2. The molecular formula is C11H18BrN3. The minimum absolute atomic E-state index is 0.794. The van der Waals surface area contributed by atoms with Crippen molar-refractivity contribution in [2.45, 2.75) is 32.9 Å². The van der Waals surface area contributed by atoms with Gasteiger partial charge in [0.15, 0.2) is 4.73 Å². The van der Waals surface area contributed by atoms with E-state index in [9.17, 15) is 0 Å². The lowest BCUT2D eigenvalue weighted by Gasteiger charge is -2.22. The van der Waals surface area contributed by atoms with Crippen LogP contribution in [-0.2, 0) is 19.5 Å². The highest BCUT2D eigenvalue weighted by Crippen LogP contribution is 2.27. The van der Waals surface area contributed by atoms with Crippen molar-refractivity contribution in [3.8, 4) is 0 Å². The maximum atomic E-state index is 4.60. The van der Waals surface area contributed by atoms with Gasteiger partial charge in [0, 0.05) is 18.8 Å². The SMILES string of the molecule is CC1CCn2c(Br)nc(CN(C)C)c2C1. The minimum Gasteiger partial charge on any atom is -0.322 e. The summed E-state index contributed by atoms with van der Waals surface area (Å²) in [7, 11) is 4.18. The molecule has 0 saturated carbocycles. The third kappa shape index (κ3) is 2.26. The largest absolute Gasteiger partial charge is 0.322 e. The van der Waals surface area contributed by atoms with Gasteiger partial charge >= 0.3 is 0 Å². The lowest BCUT2D eigenvalue weighted by atomic mass is 9.97. The van der Waals surface area contributed by atoms with Gasteiger partial charge in [0.1, 0.15) is 0 Å². The number of halogens is 1. The van der Waals surface area contributed by atoms with Gasteiger partial charge in [0.25, 0.3) is 0 Å². The van der Waals surface area contributed by atoms with E-state index in [1.165, 1.54) is 24.2 Å². The molecular weight excluding hydrogens is 254 g/mol. The fourth-order valence-electron chi connectivity index (χ4n) is 2.17. The molecule has 1 unspecified atom stereocenters. The van der Waals surface area contributed by atoms with Gasteiger partial charge in [-0.1, -0.05) is 6.92 Å². The number of hydrogen-bond donors (Lipinski definition) is 0. The predicted octanol–water partition coefficient (Wildman–Crippen LogP) is 2.29. The van der Waals surface area contributed by atoms with E-state index in [4.69, 9.17) is 0 Å². The molecule has 0 fully saturated rings. The Morgan fingerprint density at radius 2 is 2.27 bits per heavy atom. The van der Waals surface area contributed by atoms with E-state index in [0.29, 0.717) is 0 Å². The number of nitrogens with zero attached hydrogens (tertiary/aromatic N) is 3. The van der Waals surface area contributed by atoms with Crippen LogP contribution in [0.4, 0.5) is 0 Å². The van der Waals surface area contributed by atoms with E-state index in [1.807, 2.05) is 0 Å². The summed E-state index contributed by atoms with van der Waals surface area (Å²) < 4.78 is 3.32. The van der Waals surface area contributed by atoms with Gasteiger partial charge in [-0.25, -0.2) is 4.98 Å². The molecule has 3 nitrogen and oxygen atoms in total. The van der Waals surface area contributed by atoms with Crippen LogP contribution in [0.15, 0.2) is 4.73 Å². The van der Waals surface area contributed by atoms with Crippen LogP contribution in [-0.4, -0.2) is 28.5 Å². The number of hydrogen-bond acceptors (Lipinski definition) is 2. The molecule has 1 aliphatic heterocycles. The summed E-state index contributed by atoms with van der Waals surface area (Å²) in [5.41, 5.74) is 2.66. The molecule has 0 aromatic carbocycles. The van der Waals surface area contributed by atoms with Crippen molar-refractivity contribution in [1.82, 2.24) is 14.5 Å². The first-order chi connectivity index (χ1) is 7.08. The maximum absolute atomic E-state index is 4.60. The second kappa shape index (κ2) is 4.26. The smallest absolute Gasteiger partial charge is 0.177 e. The number of aromatic nitrogens is 2. The van der Waals surface area contributed by atoms with Crippen LogP contribution in [0.5, 0.6) is 0 Å². The molecule has 1 aromatic rings. The summed E-state index contributed by atoms with van der Waals surface area (Å²) >= 11 is 3.55. The van der Waals surface area contributed by atoms with E-state index < -0.39 is 0 Å². The lowest BCUT2D eigenvalue weighted by Crippen LogP contribution is -2.19. The summed E-state index contributed by atoms with van der Waals surface area (Å²) in [5, 5.41) is 0. The molecule has 0 aliphatic carbocycles. The number of fused-ring (bicyclic) bond motifs is 1. The Balaban J connectivity index is 2.32. The molecule has 2 heterocycles. The Hall–Kier alpha value is -0.350. The number of imidazole rings is 1. The summed E-state index contributed by atoms with van der Waals surface area (Å²) in [4.78, 5) is 6.78. The molecule has 0 bridgehead atoms. The van der Waals surface area contributed by atoms with Gasteiger partial charge in [-0.15, -0.1) is 0 Å². The molecule has 1 atom stereocenters. The Morgan fingerprint density at radius 3 is 2.93 bits per heavy atom. The fraction of sp³-hybridized carbons (Fsp3) is 0.727. The zero-order valence-electron chi connectivity index (χ0n) is 9.63. The van der Waals surface area contributed by atoms with Crippen molar-refractivity contribution in [2.24, 2.45) is 5.92 Å². The summed E-state index contributed by atoms with van der Waals surface area (Å²) in [6, 6.07) is 0. The topological polar surface area (TPSA) is 21.1 Å². The third-order valence-electron chi connectivity index (χ3n) is 2.96. The van der Waals surface area contributed by atoms with Gasteiger partial charge in [0.05, 0.1) is 5.69 Å². The van der Waals surface area contributed by atoms with E-state index in [1.54, 1.807) is 0 Å². The van der Waals surface area contributed by atoms with E-state index in [-0.39, 0.29) is 0 Å². The average Bonchev–Trinajstić information content (AvgIpc) is 2.42. The van der Waals surface area contributed by atoms with E-state index >= 15 is 0 Å². The monoisotopic (exact) mass is 271 g/mol. The highest BCUT2D eigenvalue weighted by Gasteiger charge is 2.22. The van der Waals surface area contributed by atoms with Gasteiger partial charge in [0.2, 0.25) is 0 Å². The summed E-state index contributed by atoms with van der Waals surface area (Å²) in [6.45, 7) is 4.37. The second-order valence-electron chi connectivity index (χ2n) is 4.76. The Bertz CT molecular complexity index is 357. The molecule has 0 saturated heterocycles. The molecule has 0 amide bonds. The molecule has 0 radical (unpaired) electrons. The standard InChI is InChI=1S/C11H18BrN3/c1-8-4-5-15-10(6-8)9(7-14(2)3)13-11(15)12/h8H,4-7H2,1-3H3. The van der Waals surface area contributed by atoms with Crippen molar-refractivity contribution in [3.63, 3.8) is 0 Å². The lowest BCUT2D eigenvalue weighted by molar-refractivity contribution is 0.381. The van der Waals surface area contributed by atoms with E-state index in [0.717, 1.165) is 23.7 Å². The van der Waals surface area contributed by atoms with Crippen molar-refractivity contribution in [3.05, 3.63) is 16.1 Å². The van der Waals surface area contributed by atoms with Crippen LogP contribution in [0.2, 0.25) is 0 Å². The van der Waals surface area contributed by atoms with Gasteiger partial charge in [-0.3, -0.25) is 0 Å². The summed E-state index contributed by atoms with van der Waals surface area (Å²) in [5.74, 6) is 0.794. The molecule has 15 heavy (non-hydrogen) atoms. The fourth-order valence-corrected chi connectivity index (χ4v) is 2.77. The van der Waals surface area contributed by atoms with Gasteiger partial charge in [-0.2, -0.15) is 0 Å². The highest BCUT2D eigenvalue weighted by atomic mass is 79.9. The van der Waals surface area contributed by atoms with Crippen molar-refractivity contribution < 1.29 is 0 Å². The molecule has 0 spiro atoms. The Labute approximate surface area is 99.6 Å². The zero-order valence-corrected chi connectivity index (χ0v) is 11.2. The third-order valence-corrected chi connectivity index (χ3v) is 3.57. The first kappa shape index (κ1) is 11.1. The maximum Gasteiger partial charge on any atom is 0.177 e. The van der Waals surface area contributed by atoms with Gasteiger partial charge in [-0.05, 0) is 48.8 Å². The Kier molecular flexibility index (Phi) is 3.16.